The lowest BCUT2D eigenvalue weighted by Crippen LogP contribution is -2.41. The molecule has 1 N–H and O–H groups in total. The van der Waals surface area contributed by atoms with Gasteiger partial charge in [-0.3, -0.25) is 14.6 Å². The summed E-state index contributed by atoms with van der Waals surface area (Å²) in [5.41, 5.74) is 0.673. The van der Waals surface area contributed by atoms with E-state index in [2.05, 4.69) is 10.3 Å². The first kappa shape index (κ1) is 15.7. The number of nitrogens with zero attached hydrogens (tertiary/aromatic N) is 1. The zero-order valence-corrected chi connectivity index (χ0v) is 12.8. The number of aromatic nitrogens is 1. The van der Waals surface area contributed by atoms with E-state index in [1.807, 2.05) is 32.0 Å². The number of benzene rings is 1. The molecule has 0 saturated heterocycles. The van der Waals surface area contributed by atoms with Gasteiger partial charge in [0.15, 0.2) is 0 Å². The van der Waals surface area contributed by atoms with Gasteiger partial charge in [-0.15, -0.1) is 0 Å². The Balaban J connectivity index is 2.10. The van der Waals surface area contributed by atoms with Crippen LogP contribution in [0.3, 0.4) is 0 Å². The molecule has 2 rings (SSSR count). The number of rotatable bonds is 4. The molecule has 5 nitrogen and oxygen atoms in total. The quantitative estimate of drug-likeness (QED) is 0.696. The number of pyridine rings is 1. The summed E-state index contributed by atoms with van der Waals surface area (Å²) in [4.78, 5) is 27.5. The Bertz CT molecular complexity index is 664. The lowest BCUT2D eigenvalue weighted by molar-refractivity contribution is -0.131. The zero-order valence-electron chi connectivity index (χ0n) is 12.8. The minimum atomic E-state index is -0.590. The molecule has 1 aromatic carbocycles. The number of carbonyl (C=O) groups is 2. The Morgan fingerprint density at radius 2 is 1.77 bits per heavy atom. The monoisotopic (exact) mass is 298 g/mol. The molecule has 0 aliphatic carbocycles. The van der Waals surface area contributed by atoms with Crippen molar-refractivity contribution in [3.63, 3.8) is 0 Å². The average Bonchev–Trinajstić information content (AvgIpc) is 2.48. The maximum atomic E-state index is 12.3. The Morgan fingerprint density at radius 1 is 1.09 bits per heavy atom. The molecule has 1 amide bonds. The van der Waals surface area contributed by atoms with Crippen molar-refractivity contribution in [2.75, 3.05) is 0 Å². The van der Waals surface area contributed by atoms with E-state index in [1.165, 1.54) is 6.92 Å². The minimum Gasteiger partial charge on any atom is -0.427 e. The lowest BCUT2D eigenvalue weighted by atomic mass is 9.99. The van der Waals surface area contributed by atoms with Crippen molar-refractivity contribution in [3.05, 3.63) is 59.9 Å². The van der Waals surface area contributed by atoms with Crippen LogP contribution in [0, 0.1) is 0 Å². The summed E-state index contributed by atoms with van der Waals surface area (Å²) in [5.74, 6) is -0.202. The molecule has 0 aliphatic rings. The predicted molar refractivity (Wildman–Crippen MR) is 82.5 cm³/mol. The van der Waals surface area contributed by atoms with Gasteiger partial charge < -0.3 is 10.1 Å². The Labute approximate surface area is 129 Å². The highest BCUT2D eigenvalue weighted by atomic mass is 16.5. The third-order valence-corrected chi connectivity index (χ3v) is 3.11. The van der Waals surface area contributed by atoms with E-state index < -0.39 is 11.5 Å². The van der Waals surface area contributed by atoms with E-state index in [-0.39, 0.29) is 5.91 Å². The number of nitrogens with one attached hydrogen (secondary N) is 1. The van der Waals surface area contributed by atoms with E-state index in [9.17, 15) is 9.59 Å². The molecule has 5 heteroatoms. The van der Waals surface area contributed by atoms with Gasteiger partial charge in [0.1, 0.15) is 5.75 Å². The number of hydrogen-bond donors (Lipinski definition) is 1. The summed E-state index contributed by atoms with van der Waals surface area (Å²) in [6, 6.07) is 12.0. The van der Waals surface area contributed by atoms with E-state index in [0.717, 1.165) is 5.69 Å². The molecule has 0 aliphatic heterocycles. The van der Waals surface area contributed by atoms with Gasteiger partial charge in [-0.25, -0.2) is 0 Å². The molecule has 0 spiro atoms. The van der Waals surface area contributed by atoms with Crippen LogP contribution in [0.25, 0.3) is 0 Å². The highest BCUT2D eigenvalue weighted by molar-refractivity contribution is 5.94. The van der Waals surface area contributed by atoms with Gasteiger partial charge in [0.25, 0.3) is 5.91 Å². The third-order valence-electron chi connectivity index (χ3n) is 3.11. The number of amides is 1. The van der Waals surface area contributed by atoms with E-state index in [4.69, 9.17) is 4.74 Å². The Hall–Kier alpha value is -2.69. The topological polar surface area (TPSA) is 68.3 Å². The largest absolute Gasteiger partial charge is 0.427 e. The summed E-state index contributed by atoms with van der Waals surface area (Å²) >= 11 is 0. The Kier molecular flexibility index (Phi) is 4.56. The molecule has 0 radical (unpaired) electrons. The van der Waals surface area contributed by atoms with Crippen LogP contribution in [-0.4, -0.2) is 16.9 Å². The SMILES string of the molecule is CC(=O)Oc1ccc(C(=O)NC(C)(C)c2ccccn2)cc1. The number of carbonyl (C=O) groups excluding carboxylic acids is 2. The summed E-state index contributed by atoms with van der Waals surface area (Å²) in [6.07, 6.45) is 1.69. The second-order valence-electron chi connectivity index (χ2n) is 5.41. The molecule has 1 aromatic heterocycles. The third kappa shape index (κ3) is 3.91. The first-order valence-corrected chi connectivity index (χ1v) is 6.91. The average molecular weight is 298 g/mol. The van der Waals surface area contributed by atoms with Crippen LogP contribution >= 0.6 is 0 Å². The molecule has 0 bridgehead atoms. The van der Waals surface area contributed by atoms with Crippen molar-refractivity contribution in [3.8, 4) is 5.75 Å². The van der Waals surface area contributed by atoms with Gasteiger partial charge in [0.2, 0.25) is 0 Å². The van der Waals surface area contributed by atoms with Crippen molar-refractivity contribution < 1.29 is 14.3 Å². The fourth-order valence-electron chi connectivity index (χ4n) is 1.99. The maximum absolute atomic E-state index is 12.3. The normalized spacial score (nSPS) is 10.9. The standard InChI is InChI=1S/C17H18N2O3/c1-12(20)22-14-9-7-13(8-10-14)16(21)19-17(2,3)15-6-4-5-11-18-15/h4-11H,1-3H3,(H,19,21). The van der Waals surface area contributed by atoms with Crippen molar-refractivity contribution in [1.29, 1.82) is 0 Å². The maximum Gasteiger partial charge on any atom is 0.308 e. The second kappa shape index (κ2) is 6.39. The van der Waals surface area contributed by atoms with Gasteiger partial charge in [0.05, 0.1) is 11.2 Å². The fraction of sp³-hybridized carbons (Fsp3) is 0.235. The molecule has 2 aromatic rings. The number of ether oxygens (including phenoxy) is 1. The fourth-order valence-corrected chi connectivity index (χ4v) is 1.99. The number of esters is 1. The van der Waals surface area contributed by atoms with Gasteiger partial charge in [-0.05, 0) is 50.2 Å². The van der Waals surface area contributed by atoms with E-state index >= 15 is 0 Å². The lowest BCUT2D eigenvalue weighted by Gasteiger charge is -2.25. The zero-order chi connectivity index (χ0) is 16.2. The van der Waals surface area contributed by atoms with Gasteiger partial charge in [-0.2, -0.15) is 0 Å². The van der Waals surface area contributed by atoms with Gasteiger partial charge >= 0.3 is 5.97 Å². The first-order valence-electron chi connectivity index (χ1n) is 6.91. The molecule has 0 saturated carbocycles. The summed E-state index contributed by atoms with van der Waals surface area (Å²) in [6.45, 7) is 5.11. The number of hydrogen-bond acceptors (Lipinski definition) is 4. The second-order valence-corrected chi connectivity index (χ2v) is 5.41. The smallest absolute Gasteiger partial charge is 0.308 e. The summed E-state index contributed by atoms with van der Waals surface area (Å²) in [5, 5.41) is 2.94. The van der Waals surface area contributed by atoms with Crippen LogP contribution in [0.5, 0.6) is 5.75 Å². The van der Waals surface area contributed by atoms with Crippen LogP contribution < -0.4 is 10.1 Å². The van der Waals surface area contributed by atoms with Crippen molar-refractivity contribution in [2.24, 2.45) is 0 Å². The van der Waals surface area contributed by atoms with Crippen LogP contribution in [0.1, 0.15) is 36.8 Å². The summed E-state index contributed by atoms with van der Waals surface area (Å²) < 4.78 is 4.94. The Morgan fingerprint density at radius 3 is 2.32 bits per heavy atom. The highest BCUT2D eigenvalue weighted by Gasteiger charge is 2.24. The molecule has 0 fully saturated rings. The van der Waals surface area contributed by atoms with E-state index in [0.29, 0.717) is 11.3 Å². The molecule has 1 heterocycles. The van der Waals surface area contributed by atoms with Gasteiger partial charge in [0, 0.05) is 18.7 Å². The van der Waals surface area contributed by atoms with Gasteiger partial charge in [-0.1, -0.05) is 6.07 Å². The van der Waals surface area contributed by atoms with Crippen molar-refractivity contribution >= 4 is 11.9 Å². The molecule has 114 valence electrons. The van der Waals surface area contributed by atoms with Crippen LogP contribution in [0.4, 0.5) is 0 Å². The van der Waals surface area contributed by atoms with Crippen LogP contribution in [0.15, 0.2) is 48.7 Å². The minimum absolute atomic E-state index is 0.218. The highest BCUT2D eigenvalue weighted by Crippen LogP contribution is 2.19. The molecular weight excluding hydrogens is 280 g/mol. The molecule has 0 atom stereocenters. The predicted octanol–water partition coefficient (Wildman–Crippen LogP) is 2.67. The van der Waals surface area contributed by atoms with Crippen molar-refractivity contribution in [2.45, 2.75) is 26.3 Å². The molecular formula is C17H18N2O3. The first-order chi connectivity index (χ1) is 10.4. The van der Waals surface area contributed by atoms with E-state index in [1.54, 1.807) is 30.5 Å². The van der Waals surface area contributed by atoms with Crippen LogP contribution in [0.2, 0.25) is 0 Å². The molecule has 0 unspecified atom stereocenters. The van der Waals surface area contributed by atoms with Crippen molar-refractivity contribution in [1.82, 2.24) is 10.3 Å². The van der Waals surface area contributed by atoms with Crippen LogP contribution in [-0.2, 0) is 10.3 Å². The summed E-state index contributed by atoms with van der Waals surface area (Å²) in [7, 11) is 0. The molecule has 22 heavy (non-hydrogen) atoms.